The molecule has 9 nitrogen and oxygen atoms in total. The van der Waals surface area contributed by atoms with Gasteiger partial charge < -0.3 is 10.1 Å². The molecule has 0 bridgehead atoms. The lowest BCUT2D eigenvalue weighted by atomic mass is 10.2. The number of hydrogen-bond donors (Lipinski definition) is 1. The van der Waals surface area contributed by atoms with Crippen LogP contribution in [0.25, 0.3) is 10.9 Å². The van der Waals surface area contributed by atoms with E-state index in [0.29, 0.717) is 11.3 Å². The van der Waals surface area contributed by atoms with E-state index in [1.165, 1.54) is 13.4 Å². The zero-order valence-electron chi connectivity index (χ0n) is 16.2. The summed E-state index contributed by atoms with van der Waals surface area (Å²) in [5.74, 6) is -0.427. The van der Waals surface area contributed by atoms with Gasteiger partial charge in [0.15, 0.2) is 5.03 Å². The highest BCUT2D eigenvalue weighted by Gasteiger charge is 2.24. The Morgan fingerprint density at radius 3 is 2.58 bits per heavy atom. The molecule has 1 N–H and O–H groups in total. The zero-order chi connectivity index (χ0) is 21.8. The average Bonchev–Trinajstić information content (AvgIpc) is 2.79. The number of aromatic nitrogens is 3. The van der Waals surface area contributed by atoms with Gasteiger partial charge in [0.1, 0.15) is 6.33 Å². The molecule has 0 aliphatic heterocycles. The number of nitrogens with zero attached hydrogens (tertiary/aromatic N) is 4. The Kier molecular flexibility index (Phi) is 5.72. The number of methoxy groups -OCH3 is 1. The molecule has 0 saturated heterocycles. The van der Waals surface area contributed by atoms with Gasteiger partial charge in [0, 0.05) is 22.2 Å². The number of carbonyl (C=O) groups excluding carboxylic acids is 1. The molecule has 0 fully saturated rings. The van der Waals surface area contributed by atoms with Crippen molar-refractivity contribution in [3.05, 3.63) is 82.8 Å². The van der Waals surface area contributed by atoms with Gasteiger partial charge in [0.05, 0.1) is 23.1 Å². The van der Waals surface area contributed by atoms with E-state index >= 15 is 0 Å². The molecule has 0 aliphatic rings. The maximum atomic E-state index is 11.9. The molecule has 4 aromatic rings. The number of carbonyl (C=O) groups is 1. The first-order valence-corrected chi connectivity index (χ1v) is 9.85. The van der Waals surface area contributed by atoms with E-state index in [2.05, 4.69) is 25.0 Å². The summed E-state index contributed by atoms with van der Waals surface area (Å²) in [6.07, 6.45) is 2.94. The third kappa shape index (κ3) is 4.28. The van der Waals surface area contributed by atoms with Gasteiger partial charge in [-0.15, -0.1) is 0 Å². The summed E-state index contributed by atoms with van der Waals surface area (Å²) >= 11 is 1.15. The zero-order valence-corrected chi connectivity index (χ0v) is 17.0. The molecular formula is C21H15N5O4S. The molecule has 0 aliphatic carbocycles. The van der Waals surface area contributed by atoms with Crippen molar-refractivity contribution < 1.29 is 14.5 Å². The summed E-state index contributed by atoms with van der Waals surface area (Å²) in [6, 6.07) is 15.7. The number of para-hydroxylation sites is 1. The number of nitrogens with one attached hydrogen (secondary N) is 1. The van der Waals surface area contributed by atoms with Gasteiger partial charge in [-0.1, -0.05) is 30.0 Å². The Morgan fingerprint density at radius 1 is 1.06 bits per heavy atom. The van der Waals surface area contributed by atoms with Gasteiger partial charge in [-0.3, -0.25) is 15.1 Å². The van der Waals surface area contributed by atoms with Gasteiger partial charge in [-0.05, 0) is 36.4 Å². The van der Waals surface area contributed by atoms with Crippen molar-refractivity contribution in [2.75, 3.05) is 12.4 Å². The Labute approximate surface area is 180 Å². The lowest BCUT2D eigenvalue weighted by molar-refractivity contribution is -0.387. The Hall–Kier alpha value is -4.05. The molecule has 2 heterocycles. The molecule has 0 amide bonds. The summed E-state index contributed by atoms with van der Waals surface area (Å²) in [6.45, 7) is 0. The topological polar surface area (TPSA) is 120 Å². The predicted octanol–water partition coefficient (Wildman–Crippen LogP) is 4.61. The van der Waals surface area contributed by atoms with Crippen LogP contribution in [0.5, 0.6) is 0 Å². The molecule has 0 unspecified atom stereocenters. The van der Waals surface area contributed by atoms with Crippen molar-refractivity contribution in [1.82, 2.24) is 15.0 Å². The van der Waals surface area contributed by atoms with Crippen LogP contribution in [0.2, 0.25) is 0 Å². The predicted molar refractivity (Wildman–Crippen MR) is 116 cm³/mol. The first kappa shape index (κ1) is 20.2. The van der Waals surface area contributed by atoms with E-state index in [1.807, 2.05) is 30.3 Å². The molecule has 0 spiro atoms. The Balaban J connectivity index is 1.68. The Morgan fingerprint density at radius 2 is 1.84 bits per heavy atom. The molecule has 154 valence electrons. The second kappa shape index (κ2) is 8.76. The van der Waals surface area contributed by atoms with Gasteiger partial charge in [0.2, 0.25) is 5.82 Å². The maximum Gasteiger partial charge on any atom is 0.343 e. The maximum absolute atomic E-state index is 11.9. The standard InChI is InChI=1S/C21H15N5O4S/c1-30-21(27)14-7-9-15(10-8-14)25-19-18(26(28)29)20(24-12-23-19)31-16-6-2-4-13-5-3-11-22-17(13)16/h2-12H,1H3,(H,23,24,25). The summed E-state index contributed by atoms with van der Waals surface area (Å²) in [4.78, 5) is 36.2. The average molecular weight is 433 g/mol. The number of ether oxygens (including phenoxy) is 1. The van der Waals surface area contributed by atoms with E-state index in [1.54, 1.807) is 30.5 Å². The number of rotatable bonds is 6. The molecule has 4 rings (SSSR count). The number of esters is 1. The monoisotopic (exact) mass is 433 g/mol. The number of fused-ring (bicyclic) bond motifs is 1. The molecule has 2 aromatic carbocycles. The summed E-state index contributed by atoms with van der Waals surface area (Å²) in [7, 11) is 1.30. The van der Waals surface area contributed by atoms with Crippen molar-refractivity contribution in [3.63, 3.8) is 0 Å². The molecule has 0 radical (unpaired) electrons. The minimum atomic E-state index is -0.522. The largest absolute Gasteiger partial charge is 0.465 e. The van der Waals surface area contributed by atoms with Crippen LogP contribution in [0.4, 0.5) is 17.2 Å². The third-order valence-corrected chi connectivity index (χ3v) is 5.38. The second-order valence-corrected chi connectivity index (χ2v) is 7.29. The first-order chi connectivity index (χ1) is 15.1. The van der Waals surface area contributed by atoms with Crippen LogP contribution in [0.3, 0.4) is 0 Å². The summed E-state index contributed by atoms with van der Waals surface area (Å²) < 4.78 is 4.67. The van der Waals surface area contributed by atoms with Crippen LogP contribution in [0.15, 0.2) is 77.0 Å². The minimum absolute atomic E-state index is 0.0431. The van der Waals surface area contributed by atoms with Crippen molar-refractivity contribution in [2.45, 2.75) is 9.92 Å². The minimum Gasteiger partial charge on any atom is -0.465 e. The molecule has 0 atom stereocenters. The van der Waals surface area contributed by atoms with Gasteiger partial charge in [-0.25, -0.2) is 14.8 Å². The molecule has 2 aromatic heterocycles. The number of hydrogen-bond acceptors (Lipinski definition) is 9. The highest BCUT2D eigenvalue weighted by atomic mass is 32.2. The van der Waals surface area contributed by atoms with Crippen LogP contribution in [-0.2, 0) is 4.74 Å². The molecule has 0 saturated carbocycles. The third-order valence-electron chi connectivity index (χ3n) is 4.34. The number of pyridine rings is 1. The first-order valence-electron chi connectivity index (χ1n) is 9.03. The Bertz CT molecular complexity index is 1280. The molecular weight excluding hydrogens is 418 g/mol. The van der Waals surface area contributed by atoms with Gasteiger partial charge in [0.25, 0.3) is 0 Å². The van der Waals surface area contributed by atoms with E-state index in [4.69, 9.17) is 0 Å². The van der Waals surface area contributed by atoms with E-state index in [-0.39, 0.29) is 16.5 Å². The van der Waals surface area contributed by atoms with Gasteiger partial charge >= 0.3 is 11.7 Å². The second-order valence-electron chi connectivity index (χ2n) is 6.26. The fraction of sp³-hybridized carbons (Fsp3) is 0.0476. The van der Waals surface area contributed by atoms with Crippen LogP contribution in [0, 0.1) is 10.1 Å². The number of nitro groups is 1. The smallest absolute Gasteiger partial charge is 0.343 e. The van der Waals surface area contributed by atoms with Crippen LogP contribution in [-0.4, -0.2) is 33.0 Å². The van der Waals surface area contributed by atoms with Crippen molar-refractivity contribution in [3.8, 4) is 0 Å². The van der Waals surface area contributed by atoms with Gasteiger partial charge in [-0.2, -0.15) is 0 Å². The van der Waals surface area contributed by atoms with Crippen LogP contribution < -0.4 is 5.32 Å². The van der Waals surface area contributed by atoms with E-state index in [9.17, 15) is 14.9 Å². The normalized spacial score (nSPS) is 10.6. The number of benzene rings is 2. The van der Waals surface area contributed by atoms with E-state index < -0.39 is 10.9 Å². The highest BCUT2D eigenvalue weighted by molar-refractivity contribution is 7.99. The van der Waals surface area contributed by atoms with Crippen molar-refractivity contribution >= 4 is 45.8 Å². The highest BCUT2D eigenvalue weighted by Crippen LogP contribution is 2.39. The summed E-state index contributed by atoms with van der Waals surface area (Å²) in [5.41, 5.74) is 1.37. The molecule has 31 heavy (non-hydrogen) atoms. The molecule has 10 heteroatoms. The summed E-state index contributed by atoms with van der Waals surface area (Å²) in [5, 5.41) is 15.9. The lowest BCUT2D eigenvalue weighted by Crippen LogP contribution is -2.04. The van der Waals surface area contributed by atoms with Crippen molar-refractivity contribution in [1.29, 1.82) is 0 Å². The lowest BCUT2D eigenvalue weighted by Gasteiger charge is -2.09. The quantitative estimate of drug-likeness (QED) is 0.201. The number of anilines is 2. The fourth-order valence-electron chi connectivity index (χ4n) is 2.90. The fourth-order valence-corrected chi connectivity index (χ4v) is 3.89. The van der Waals surface area contributed by atoms with Crippen molar-refractivity contribution in [2.24, 2.45) is 0 Å². The van der Waals surface area contributed by atoms with Crippen LogP contribution >= 0.6 is 11.8 Å². The van der Waals surface area contributed by atoms with Crippen LogP contribution in [0.1, 0.15) is 10.4 Å². The SMILES string of the molecule is COC(=O)c1ccc(Nc2ncnc(Sc3cccc4cccnc34)c2[N+](=O)[O-])cc1. The van der Waals surface area contributed by atoms with E-state index in [0.717, 1.165) is 27.6 Å².